The summed E-state index contributed by atoms with van der Waals surface area (Å²) in [6, 6.07) is 6.98. The van der Waals surface area contributed by atoms with E-state index in [1.165, 1.54) is 0 Å². The number of morpholine rings is 1. The number of benzene rings is 1. The number of nitrogens with zero attached hydrogens (tertiary/aromatic N) is 1. The topological polar surface area (TPSA) is 49.8 Å². The number of hydrogen-bond donors (Lipinski definition) is 1. The van der Waals surface area contributed by atoms with Crippen molar-refractivity contribution in [3.05, 3.63) is 34.9 Å². The summed E-state index contributed by atoms with van der Waals surface area (Å²) in [7, 11) is 0. The number of carbonyl (C=O) groups is 1. The zero-order valence-corrected chi connectivity index (χ0v) is 11.0. The van der Waals surface area contributed by atoms with Crippen molar-refractivity contribution in [2.45, 2.75) is 12.5 Å². The van der Waals surface area contributed by atoms with Crippen LogP contribution in [0.2, 0.25) is 5.02 Å². The van der Waals surface area contributed by atoms with Gasteiger partial charge < -0.3 is 9.84 Å². The minimum Gasteiger partial charge on any atom is -0.480 e. The van der Waals surface area contributed by atoms with E-state index in [-0.39, 0.29) is 0 Å². The molecule has 4 nitrogen and oxygen atoms in total. The lowest BCUT2D eigenvalue weighted by Crippen LogP contribution is -2.54. The second-order valence-corrected chi connectivity index (χ2v) is 4.92. The summed E-state index contributed by atoms with van der Waals surface area (Å²) in [5.41, 5.74) is -0.296. The van der Waals surface area contributed by atoms with Crippen LogP contribution in [0, 0.1) is 0 Å². The van der Waals surface area contributed by atoms with Crippen molar-refractivity contribution in [3.63, 3.8) is 0 Å². The molecule has 1 aromatic rings. The molecule has 0 saturated carbocycles. The maximum absolute atomic E-state index is 11.7. The van der Waals surface area contributed by atoms with Crippen LogP contribution in [0.15, 0.2) is 24.3 Å². The molecule has 1 fully saturated rings. The van der Waals surface area contributed by atoms with Gasteiger partial charge in [-0.15, -0.1) is 0 Å². The lowest BCUT2D eigenvalue weighted by molar-refractivity contribution is -0.154. The van der Waals surface area contributed by atoms with Gasteiger partial charge in [-0.3, -0.25) is 4.90 Å². The maximum atomic E-state index is 11.7. The normalized spacial score (nSPS) is 20.3. The van der Waals surface area contributed by atoms with Gasteiger partial charge in [0.25, 0.3) is 0 Å². The minimum atomic E-state index is -1.03. The molecule has 0 radical (unpaired) electrons. The molecule has 98 valence electrons. The van der Waals surface area contributed by atoms with Crippen LogP contribution >= 0.6 is 11.6 Å². The van der Waals surface area contributed by atoms with Gasteiger partial charge in [-0.05, 0) is 24.6 Å². The van der Waals surface area contributed by atoms with Gasteiger partial charge in [-0.1, -0.05) is 23.7 Å². The van der Waals surface area contributed by atoms with Gasteiger partial charge in [0.1, 0.15) is 5.54 Å². The predicted molar refractivity (Wildman–Crippen MR) is 68.8 cm³/mol. The number of carboxylic acid groups (broad SMARTS) is 1. The summed E-state index contributed by atoms with van der Waals surface area (Å²) >= 11 is 5.85. The Balaban J connectivity index is 2.36. The first-order chi connectivity index (χ1) is 8.55. The van der Waals surface area contributed by atoms with Crippen LogP contribution in [0.1, 0.15) is 12.5 Å². The van der Waals surface area contributed by atoms with Crippen molar-refractivity contribution >= 4 is 17.6 Å². The number of hydrogen-bond acceptors (Lipinski definition) is 3. The molecule has 0 amide bonds. The first kappa shape index (κ1) is 13.3. The van der Waals surface area contributed by atoms with E-state index in [1.807, 2.05) is 4.90 Å². The number of rotatable bonds is 3. The van der Waals surface area contributed by atoms with Gasteiger partial charge >= 0.3 is 5.97 Å². The molecule has 1 aliphatic rings. The molecule has 1 aliphatic heterocycles. The first-order valence-electron chi connectivity index (χ1n) is 5.87. The van der Waals surface area contributed by atoms with Crippen molar-refractivity contribution in [2.75, 3.05) is 26.3 Å². The average molecular weight is 270 g/mol. The predicted octanol–water partition coefficient (Wildman–Crippen LogP) is 1.97. The molecule has 0 spiro atoms. The first-order valence-corrected chi connectivity index (χ1v) is 6.25. The third-order valence-electron chi connectivity index (χ3n) is 3.47. The second kappa shape index (κ2) is 5.26. The number of carboxylic acids is 1. The molecule has 2 rings (SSSR count). The van der Waals surface area contributed by atoms with Crippen LogP contribution in [0.25, 0.3) is 0 Å². The highest BCUT2D eigenvalue weighted by molar-refractivity contribution is 6.30. The fourth-order valence-corrected chi connectivity index (χ4v) is 2.35. The van der Waals surface area contributed by atoms with Gasteiger partial charge in [-0.25, -0.2) is 4.79 Å². The van der Waals surface area contributed by atoms with Crippen molar-refractivity contribution in [3.8, 4) is 0 Å². The van der Waals surface area contributed by atoms with E-state index in [2.05, 4.69) is 0 Å². The molecule has 18 heavy (non-hydrogen) atoms. The highest BCUT2D eigenvalue weighted by Gasteiger charge is 2.41. The van der Waals surface area contributed by atoms with Crippen LogP contribution in [0.5, 0.6) is 0 Å². The van der Waals surface area contributed by atoms with E-state index in [4.69, 9.17) is 16.3 Å². The fraction of sp³-hybridized carbons (Fsp3) is 0.462. The Kier molecular flexibility index (Phi) is 3.90. The van der Waals surface area contributed by atoms with Gasteiger partial charge in [0, 0.05) is 18.1 Å². The second-order valence-electron chi connectivity index (χ2n) is 4.48. The monoisotopic (exact) mass is 269 g/mol. The number of ether oxygens (including phenoxy) is 1. The third-order valence-corrected chi connectivity index (χ3v) is 3.72. The fourth-order valence-electron chi connectivity index (χ4n) is 2.23. The summed E-state index contributed by atoms with van der Waals surface area (Å²) in [5, 5.41) is 10.2. The Morgan fingerprint density at radius 2 is 1.89 bits per heavy atom. The summed E-state index contributed by atoms with van der Waals surface area (Å²) in [6.45, 7) is 4.09. The Labute approximate surface area is 111 Å². The van der Waals surface area contributed by atoms with Crippen molar-refractivity contribution in [1.29, 1.82) is 0 Å². The minimum absolute atomic E-state index is 0.566. The van der Waals surface area contributed by atoms with Crippen LogP contribution < -0.4 is 0 Å². The quantitative estimate of drug-likeness (QED) is 0.912. The molecule has 1 heterocycles. The molecule has 0 aromatic heterocycles. The van der Waals surface area contributed by atoms with Crippen LogP contribution in [-0.2, 0) is 15.1 Å². The SMILES string of the molecule is CC(C(=O)O)(c1ccc(Cl)cc1)N1CCOCC1. The van der Waals surface area contributed by atoms with Crippen LogP contribution in [-0.4, -0.2) is 42.3 Å². The highest BCUT2D eigenvalue weighted by atomic mass is 35.5. The molecular weight excluding hydrogens is 254 g/mol. The molecule has 1 atom stereocenters. The number of aliphatic carboxylic acids is 1. The van der Waals surface area contributed by atoms with Crippen molar-refractivity contribution < 1.29 is 14.6 Å². The molecule has 0 bridgehead atoms. The Morgan fingerprint density at radius 1 is 1.33 bits per heavy atom. The van der Waals surface area contributed by atoms with Crippen LogP contribution in [0.4, 0.5) is 0 Å². The summed E-state index contributed by atoms with van der Waals surface area (Å²) in [6.07, 6.45) is 0. The molecule has 1 unspecified atom stereocenters. The van der Waals surface area contributed by atoms with Gasteiger partial charge in [-0.2, -0.15) is 0 Å². The number of halogens is 1. The van der Waals surface area contributed by atoms with Crippen molar-refractivity contribution in [1.82, 2.24) is 4.90 Å². The van der Waals surface area contributed by atoms with Gasteiger partial charge in [0.2, 0.25) is 0 Å². The molecule has 0 aliphatic carbocycles. The molecule has 5 heteroatoms. The smallest absolute Gasteiger partial charge is 0.328 e. The van der Waals surface area contributed by atoms with Crippen molar-refractivity contribution in [2.24, 2.45) is 0 Å². The van der Waals surface area contributed by atoms with E-state index >= 15 is 0 Å². The third kappa shape index (κ3) is 2.36. The summed E-state index contributed by atoms with van der Waals surface area (Å²) < 4.78 is 5.27. The Bertz CT molecular complexity index is 428. The van der Waals surface area contributed by atoms with E-state index in [1.54, 1.807) is 31.2 Å². The summed E-state index contributed by atoms with van der Waals surface area (Å²) in [5.74, 6) is -0.855. The zero-order chi connectivity index (χ0) is 13.2. The van der Waals surface area contributed by atoms with E-state index in [0.29, 0.717) is 31.3 Å². The van der Waals surface area contributed by atoms with E-state index in [9.17, 15) is 9.90 Å². The average Bonchev–Trinajstić information content (AvgIpc) is 2.39. The molecular formula is C13H16ClNO3. The van der Waals surface area contributed by atoms with E-state index < -0.39 is 11.5 Å². The maximum Gasteiger partial charge on any atom is 0.328 e. The molecule has 1 saturated heterocycles. The molecule has 1 aromatic carbocycles. The molecule has 1 N–H and O–H groups in total. The lowest BCUT2D eigenvalue weighted by Gasteiger charge is -2.40. The highest BCUT2D eigenvalue weighted by Crippen LogP contribution is 2.30. The lowest BCUT2D eigenvalue weighted by atomic mass is 9.89. The summed E-state index contributed by atoms with van der Waals surface area (Å²) in [4.78, 5) is 13.6. The van der Waals surface area contributed by atoms with Gasteiger partial charge in [0.05, 0.1) is 13.2 Å². The van der Waals surface area contributed by atoms with Gasteiger partial charge in [0.15, 0.2) is 0 Å². The largest absolute Gasteiger partial charge is 0.480 e. The van der Waals surface area contributed by atoms with E-state index in [0.717, 1.165) is 5.56 Å². The Morgan fingerprint density at radius 3 is 2.39 bits per heavy atom. The Hall–Kier alpha value is -1.10. The van der Waals surface area contributed by atoms with Crippen LogP contribution in [0.3, 0.4) is 0 Å². The zero-order valence-electron chi connectivity index (χ0n) is 10.2. The standard InChI is InChI=1S/C13H16ClNO3/c1-13(12(16)17,15-6-8-18-9-7-15)10-2-4-11(14)5-3-10/h2-5H,6-9H2,1H3,(H,16,17).